The highest BCUT2D eigenvalue weighted by atomic mass is 32.2. The number of thioether (sulfide) groups is 1. The van der Waals surface area contributed by atoms with Crippen LogP contribution in [-0.4, -0.2) is 51.0 Å². The van der Waals surface area contributed by atoms with E-state index in [0.29, 0.717) is 18.1 Å². The van der Waals surface area contributed by atoms with Gasteiger partial charge in [0.2, 0.25) is 5.95 Å². The van der Waals surface area contributed by atoms with Crippen LogP contribution < -0.4 is 0 Å². The zero-order chi connectivity index (χ0) is 14.7. The number of hydrogen-bond acceptors (Lipinski definition) is 4. The third kappa shape index (κ3) is 3.06. The van der Waals surface area contributed by atoms with Gasteiger partial charge in [0.15, 0.2) is 5.82 Å². The lowest BCUT2D eigenvalue weighted by molar-refractivity contribution is -0.138. The lowest BCUT2D eigenvalue weighted by Crippen LogP contribution is -2.47. The first-order chi connectivity index (χ1) is 9.50. The van der Waals surface area contributed by atoms with E-state index < -0.39 is 35.2 Å². The number of pyridine rings is 1. The van der Waals surface area contributed by atoms with E-state index in [4.69, 9.17) is 5.11 Å². The Labute approximate surface area is 118 Å². The third-order valence-corrected chi connectivity index (χ3v) is 4.07. The van der Waals surface area contributed by atoms with E-state index in [1.54, 1.807) is 0 Å². The number of rotatable bonds is 3. The van der Waals surface area contributed by atoms with Crippen molar-refractivity contribution in [3.05, 3.63) is 29.6 Å². The van der Waals surface area contributed by atoms with Gasteiger partial charge >= 0.3 is 5.97 Å². The van der Waals surface area contributed by atoms with E-state index in [9.17, 15) is 18.4 Å². The molecule has 0 saturated carbocycles. The topological polar surface area (TPSA) is 70.5 Å². The number of carbonyl (C=O) groups excluding carboxylic acids is 1. The fourth-order valence-corrected chi connectivity index (χ4v) is 3.09. The first kappa shape index (κ1) is 14.7. The molecule has 1 aromatic rings. The Balaban J connectivity index is 2.25. The van der Waals surface area contributed by atoms with E-state index in [-0.39, 0.29) is 6.42 Å². The maximum atomic E-state index is 13.6. The van der Waals surface area contributed by atoms with Crippen molar-refractivity contribution in [2.45, 2.75) is 12.5 Å². The molecule has 1 atom stereocenters. The minimum Gasteiger partial charge on any atom is -0.481 e. The monoisotopic (exact) mass is 302 g/mol. The first-order valence-corrected chi connectivity index (χ1v) is 7.06. The van der Waals surface area contributed by atoms with Crippen molar-refractivity contribution >= 4 is 23.6 Å². The molecule has 0 radical (unpaired) electrons. The van der Waals surface area contributed by atoms with Crippen LogP contribution in [0.25, 0.3) is 0 Å². The molecule has 1 aliphatic heterocycles. The van der Waals surface area contributed by atoms with Crippen LogP contribution in [0, 0.1) is 11.8 Å². The molecule has 1 N–H and O–H groups in total. The second-order valence-corrected chi connectivity index (χ2v) is 5.44. The van der Waals surface area contributed by atoms with Crippen LogP contribution in [0.5, 0.6) is 0 Å². The molecule has 0 spiro atoms. The Morgan fingerprint density at radius 1 is 1.50 bits per heavy atom. The van der Waals surface area contributed by atoms with Crippen LogP contribution in [0.4, 0.5) is 8.78 Å². The summed E-state index contributed by atoms with van der Waals surface area (Å²) >= 11 is 1.53. The minimum atomic E-state index is -1.34. The predicted molar refractivity (Wildman–Crippen MR) is 68.6 cm³/mol. The van der Waals surface area contributed by atoms with Crippen molar-refractivity contribution in [1.82, 2.24) is 9.88 Å². The molecule has 2 rings (SSSR count). The van der Waals surface area contributed by atoms with Gasteiger partial charge in [-0.05, 0) is 6.07 Å². The molecule has 0 bridgehead atoms. The van der Waals surface area contributed by atoms with Gasteiger partial charge in [-0.3, -0.25) is 9.59 Å². The Kier molecular flexibility index (Phi) is 4.53. The maximum absolute atomic E-state index is 13.6. The molecule has 0 aliphatic carbocycles. The largest absolute Gasteiger partial charge is 0.481 e. The number of hydrogen-bond donors (Lipinski definition) is 1. The zero-order valence-electron chi connectivity index (χ0n) is 10.4. The Morgan fingerprint density at radius 3 is 2.95 bits per heavy atom. The summed E-state index contributed by atoms with van der Waals surface area (Å²) in [5, 5.41) is 8.84. The molecule has 108 valence electrons. The third-order valence-electron chi connectivity index (χ3n) is 2.98. The number of aromatic nitrogens is 1. The van der Waals surface area contributed by atoms with E-state index in [0.717, 1.165) is 12.3 Å². The summed E-state index contributed by atoms with van der Waals surface area (Å²) in [4.78, 5) is 27.5. The van der Waals surface area contributed by atoms with E-state index in [1.807, 2.05) is 0 Å². The van der Waals surface area contributed by atoms with Crippen LogP contribution in [0.3, 0.4) is 0 Å². The summed E-state index contributed by atoms with van der Waals surface area (Å²) in [6.07, 6.45) is 0.796. The van der Waals surface area contributed by atoms with Crippen LogP contribution >= 0.6 is 11.8 Å². The van der Waals surface area contributed by atoms with Gasteiger partial charge < -0.3 is 10.0 Å². The van der Waals surface area contributed by atoms with Crippen LogP contribution in [0.2, 0.25) is 0 Å². The molecule has 8 heteroatoms. The lowest BCUT2D eigenvalue weighted by Gasteiger charge is -2.34. The average molecular weight is 302 g/mol. The molecule has 2 heterocycles. The second-order valence-electron chi connectivity index (χ2n) is 4.29. The lowest BCUT2D eigenvalue weighted by atomic mass is 10.1. The number of aliphatic carboxylic acids is 1. The molecule has 1 unspecified atom stereocenters. The van der Waals surface area contributed by atoms with Crippen molar-refractivity contribution in [3.63, 3.8) is 0 Å². The van der Waals surface area contributed by atoms with Crippen LogP contribution in [0.15, 0.2) is 12.3 Å². The van der Waals surface area contributed by atoms with Crippen molar-refractivity contribution in [2.75, 3.05) is 18.1 Å². The Bertz CT molecular complexity index is 541. The van der Waals surface area contributed by atoms with Gasteiger partial charge in [-0.2, -0.15) is 16.2 Å². The van der Waals surface area contributed by atoms with Crippen molar-refractivity contribution in [2.24, 2.45) is 0 Å². The highest BCUT2D eigenvalue weighted by Gasteiger charge is 2.31. The van der Waals surface area contributed by atoms with E-state index in [2.05, 4.69) is 4.98 Å². The number of carboxylic acids is 1. The van der Waals surface area contributed by atoms with Crippen LogP contribution in [-0.2, 0) is 4.79 Å². The highest BCUT2D eigenvalue weighted by Crippen LogP contribution is 2.22. The van der Waals surface area contributed by atoms with E-state index >= 15 is 0 Å². The standard InChI is InChI=1S/C12H12F2N2O3S/c13-10-8(1-2-15-11(10)14)12(19)16-3-4-20-6-7(16)5-9(17)18/h1-2,7H,3-6H2,(H,17,18). The van der Waals surface area contributed by atoms with Gasteiger partial charge in [0.05, 0.1) is 18.0 Å². The zero-order valence-corrected chi connectivity index (χ0v) is 11.2. The number of amides is 1. The summed E-state index contributed by atoms with van der Waals surface area (Å²) in [5.74, 6) is -3.27. The molecule has 1 fully saturated rings. The van der Waals surface area contributed by atoms with Gasteiger partial charge in [-0.15, -0.1) is 0 Å². The second kappa shape index (κ2) is 6.17. The molecule has 5 nitrogen and oxygen atoms in total. The SMILES string of the molecule is O=C(O)CC1CSCCN1C(=O)c1ccnc(F)c1F. The van der Waals surface area contributed by atoms with Gasteiger partial charge in [0.1, 0.15) is 0 Å². The summed E-state index contributed by atoms with van der Waals surface area (Å²) < 4.78 is 26.6. The Hall–Kier alpha value is -1.70. The molecule has 20 heavy (non-hydrogen) atoms. The molecular weight excluding hydrogens is 290 g/mol. The van der Waals surface area contributed by atoms with Gasteiger partial charge in [0, 0.05) is 24.2 Å². The Morgan fingerprint density at radius 2 is 2.25 bits per heavy atom. The first-order valence-electron chi connectivity index (χ1n) is 5.91. The van der Waals surface area contributed by atoms with Gasteiger partial charge in [-0.25, -0.2) is 9.37 Å². The predicted octanol–water partition coefficient (Wildman–Crippen LogP) is 1.39. The molecule has 1 aliphatic rings. The number of carboxylic acid groups (broad SMARTS) is 1. The molecule has 0 aromatic carbocycles. The van der Waals surface area contributed by atoms with E-state index in [1.165, 1.54) is 16.7 Å². The molecular formula is C12H12F2N2O3S. The molecule has 1 amide bonds. The van der Waals surface area contributed by atoms with Crippen molar-refractivity contribution in [1.29, 1.82) is 0 Å². The van der Waals surface area contributed by atoms with Crippen molar-refractivity contribution < 1.29 is 23.5 Å². The minimum absolute atomic E-state index is 0.214. The average Bonchev–Trinajstić information content (AvgIpc) is 2.41. The normalized spacial score (nSPS) is 18.9. The molecule has 1 saturated heterocycles. The maximum Gasteiger partial charge on any atom is 0.305 e. The van der Waals surface area contributed by atoms with Crippen molar-refractivity contribution in [3.8, 4) is 0 Å². The highest BCUT2D eigenvalue weighted by molar-refractivity contribution is 7.99. The summed E-state index contributed by atoms with van der Waals surface area (Å²) in [6.45, 7) is 0.310. The number of carbonyl (C=O) groups is 2. The number of halogens is 2. The fraction of sp³-hybridized carbons (Fsp3) is 0.417. The van der Waals surface area contributed by atoms with Crippen LogP contribution in [0.1, 0.15) is 16.8 Å². The van der Waals surface area contributed by atoms with Gasteiger partial charge in [0.25, 0.3) is 5.91 Å². The quantitative estimate of drug-likeness (QED) is 0.855. The molecule has 1 aromatic heterocycles. The summed E-state index contributed by atoms with van der Waals surface area (Å²) in [5.41, 5.74) is -0.417. The van der Waals surface area contributed by atoms with Gasteiger partial charge in [-0.1, -0.05) is 0 Å². The fourth-order valence-electron chi connectivity index (χ4n) is 2.03. The number of nitrogens with zero attached hydrogens (tertiary/aromatic N) is 2. The summed E-state index contributed by atoms with van der Waals surface area (Å²) in [7, 11) is 0. The summed E-state index contributed by atoms with van der Waals surface area (Å²) in [6, 6.07) is 0.578. The smallest absolute Gasteiger partial charge is 0.305 e.